The van der Waals surface area contributed by atoms with Crippen LogP contribution in [0.4, 0.5) is 0 Å². The first kappa shape index (κ1) is 12.4. The van der Waals surface area contributed by atoms with Crippen molar-refractivity contribution < 1.29 is 9.84 Å². The van der Waals surface area contributed by atoms with Crippen molar-refractivity contribution in [2.24, 2.45) is 0 Å². The van der Waals surface area contributed by atoms with E-state index >= 15 is 0 Å². The summed E-state index contributed by atoms with van der Waals surface area (Å²) in [7, 11) is 1.37. The largest absolute Gasteiger partial charge is 0.508 e. The quantitative estimate of drug-likeness (QED) is 0.858. The van der Waals surface area contributed by atoms with Crippen molar-refractivity contribution in [3.8, 4) is 11.5 Å². The fraction of sp³-hybridized carbons (Fsp3) is 0.167. The van der Waals surface area contributed by atoms with Gasteiger partial charge in [-0.25, -0.2) is 4.98 Å². The van der Waals surface area contributed by atoms with Gasteiger partial charge in [-0.1, -0.05) is 23.7 Å². The van der Waals surface area contributed by atoms with Crippen molar-refractivity contribution in [3.05, 3.63) is 51.7 Å². The van der Waals surface area contributed by atoms with Crippen LogP contribution in [0, 0.1) is 0 Å². The van der Waals surface area contributed by atoms with Gasteiger partial charge in [-0.05, 0) is 17.7 Å². The maximum Gasteiger partial charge on any atom is 0.297 e. The van der Waals surface area contributed by atoms with E-state index in [0.29, 0.717) is 6.54 Å². The molecule has 1 aromatic heterocycles. The summed E-state index contributed by atoms with van der Waals surface area (Å²) in [6.45, 7) is 0.333. The van der Waals surface area contributed by atoms with Gasteiger partial charge in [0.15, 0.2) is 5.15 Å². The van der Waals surface area contributed by atoms with Crippen LogP contribution in [-0.4, -0.2) is 21.8 Å². The summed E-state index contributed by atoms with van der Waals surface area (Å²) >= 11 is 5.74. The second-order valence-corrected chi connectivity index (χ2v) is 4.03. The standard InChI is InChI=1S/C12H11ClN2O3/c1-18-10-11(13)14-7-15(12(10)17)6-8-2-4-9(16)5-3-8/h2-5,7,16H,6H2,1H3. The van der Waals surface area contributed by atoms with Crippen molar-refractivity contribution in [2.75, 3.05) is 7.11 Å². The van der Waals surface area contributed by atoms with Crippen molar-refractivity contribution in [1.29, 1.82) is 0 Å². The zero-order valence-corrected chi connectivity index (χ0v) is 10.4. The number of hydrogen-bond acceptors (Lipinski definition) is 4. The number of aromatic hydroxyl groups is 1. The molecule has 0 unspecified atom stereocenters. The van der Waals surface area contributed by atoms with Gasteiger partial charge in [-0.2, -0.15) is 0 Å². The second kappa shape index (κ2) is 5.10. The molecule has 0 bridgehead atoms. The molecule has 18 heavy (non-hydrogen) atoms. The van der Waals surface area contributed by atoms with Crippen molar-refractivity contribution in [2.45, 2.75) is 6.54 Å². The average molecular weight is 267 g/mol. The Morgan fingerprint density at radius 2 is 2.06 bits per heavy atom. The molecule has 1 heterocycles. The Balaban J connectivity index is 2.35. The zero-order valence-electron chi connectivity index (χ0n) is 9.63. The normalized spacial score (nSPS) is 10.3. The molecule has 0 amide bonds. The number of phenols is 1. The highest BCUT2D eigenvalue weighted by Crippen LogP contribution is 2.15. The lowest BCUT2D eigenvalue weighted by Gasteiger charge is -2.08. The lowest BCUT2D eigenvalue weighted by atomic mass is 10.2. The van der Waals surface area contributed by atoms with E-state index in [1.54, 1.807) is 24.3 Å². The Kier molecular flexibility index (Phi) is 3.53. The van der Waals surface area contributed by atoms with E-state index in [1.165, 1.54) is 18.0 Å². The van der Waals surface area contributed by atoms with Crippen LogP contribution in [0.1, 0.15) is 5.56 Å². The maximum absolute atomic E-state index is 12.0. The van der Waals surface area contributed by atoms with Gasteiger partial charge in [0, 0.05) is 0 Å². The molecule has 0 fully saturated rings. The van der Waals surface area contributed by atoms with Crippen LogP contribution in [-0.2, 0) is 6.54 Å². The Morgan fingerprint density at radius 1 is 1.39 bits per heavy atom. The Labute approximate surface area is 108 Å². The minimum Gasteiger partial charge on any atom is -0.508 e. The van der Waals surface area contributed by atoms with E-state index in [9.17, 15) is 9.90 Å². The molecule has 0 saturated carbocycles. The molecule has 6 heteroatoms. The van der Waals surface area contributed by atoms with Crippen molar-refractivity contribution in [1.82, 2.24) is 9.55 Å². The predicted octanol–water partition coefficient (Wildman–Crippen LogP) is 1.66. The highest BCUT2D eigenvalue weighted by atomic mass is 35.5. The van der Waals surface area contributed by atoms with Crippen molar-refractivity contribution >= 4 is 11.6 Å². The number of methoxy groups -OCH3 is 1. The molecule has 0 aliphatic carbocycles. The number of aromatic nitrogens is 2. The summed E-state index contributed by atoms with van der Waals surface area (Å²) in [6, 6.07) is 6.56. The van der Waals surface area contributed by atoms with E-state index in [1.807, 2.05) is 0 Å². The fourth-order valence-corrected chi connectivity index (χ4v) is 1.73. The third-order valence-electron chi connectivity index (χ3n) is 2.45. The fourth-order valence-electron chi connectivity index (χ4n) is 1.53. The molecule has 0 atom stereocenters. The number of hydrogen-bond donors (Lipinski definition) is 1. The third kappa shape index (κ3) is 2.46. The van der Waals surface area contributed by atoms with Crippen LogP contribution in [0.5, 0.6) is 11.5 Å². The van der Waals surface area contributed by atoms with E-state index in [2.05, 4.69) is 4.98 Å². The van der Waals surface area contributed by atoms with Gasteiger partial charge in [0.05, 0.1) is 20.0 Å². The molecule has 94 valence electrons. The first-order chi connectivity index (χ1) is 8.61. The van der Waals surface area contributed by atoms with E-state index in [-0.39, 0.29) is 22.2 Å². The van der Waals surface area contributed by atoms with Crippen LogP contribution in [0.25, 0.3) is 0 Å². The first-order valence-electron chi connectivity index (χ1n) is 5.18. The SMILES string of the molecule is COc1c(Cl)ncn(Cc2ccc(O)cc2)c1=O. The second-order valence-electron chi connectivity index (χ2n) is 3.67. The Morgan fingerprint density at radius 3 is 2.67 bits per heavy atom. The molecule has 1 N–H and O–H groups in total. The zero-order chi connectivity index (χ0) is 13.1. The molecule has 2 rings (SSSR count). The molecule has 0 saturated heterocycles. The van der Waals surface area contributed by atoms with Gasteiger partial charge < -0.3 is 9.84 Å². The highest BCUT2D eigenvalue weighted by molar-refractivity contribution is 6.30. The lowest BCUT2D eigenvalue weighted by molar-refractivity contribution is 0.401. The van der Waals surface area contributed by atoms with Gasteiger partial charge in [0.25, 0.3) is 5.56 Å². The summed E-state index contributed by atoms with van der Waals surface area (Å²) in [5.74, 6) is 0.204. The molecule has 1 aromatic carbocycles. The summed E-state index contributed by atoms with van der Waals surface area (Å²) < 4.78 is 6.29. The molecule has 0 spiro atoms. The summed E-state index contributed by atoms with van der Waals surface area (Å²) in [5, 5.41) is 9.22. The molecule has 0 aliphatic rings. The molecule has 0 aliphatic heterocycles. The van der Waals surface area contributed by atoms with Crippen LogP contribution in [0.3, 0.4) is 0 Å². The number of rotatable bonds is 3. The van der Waals surface area contributed by atoms with Crippen LogP contribution >= 0.6 is 11.6 Å². The van der Waals surface area contributed by atoms with Crippen LogP contribution < -0.4 is 10.3 Å². The van der Waals surface area contributed by atoms with E-state index in [4.69, 9.17) is 16.3 Å². The van der Waals surface area contributed by atoms with E-state index in [0.717, 1.165) is 5.56 Å². The van der Waals surface area contributed by atoms with E-state index < -0.39 is 0 Å². The summed E-state index contributed by atoms with van der Waals surface area (Å²) in [5.41, 5.74) is 0.520. The summed E-state index contributed by atoms with van der Waals surface area (Å²) in [4.78, 5) is 15.8. The molecular formula is C12H11ClN2O3. The lowest BCUT2D eigenvalue weighted by Crippen LogP contribution is -2.22. The average Bonchev–Trinajstić information content (AvgIpc) is 2.36. The Bertz CT molecular complexity index is 608. The topological polar surface area (TPSA) is 64.3 Å². The number of halogens is 1. The minimum atomic E-state index is -0.342. The number of benzene rings is 1. The number of phenolic OH excluding ortho intramolecular Hbond substituents is 1. The molecule has 5 nitrogen and oxygen atoms in total. The Hall–Kier alpha value is -2.01. The molecule has 0 radical (unpaired) electrons. The van der Waals surface area contributed by atoms with Gasteiger partial charge in [-0.3, -0.25) is 9.36 Å². The highest BCUT2D eigenvalue weighted by Gasteiger charge is 2.10. The smallest absolute Gasteiger partial charge is 0.297 e. The predicted molar refractivity (Wildman–Crippen MR) is 67.3 cm³/mol. The number of ether oxygens (including phenoxy) is 1. The first-order valence-corrected chi connectivity index (χ1v) is 5.56. The molecule has 2 aromatic rings. The van der Waals surface area contributed by atoms with Gasteiger partial charge in [0.1, 0.15) is 5.75 Å². The van der Waals surface area contributed by atoms with Gasteiger partial charge >= 0.3 is 0 Å². The summed E-state index contributed by atoms with van der Waals surface area (Å²) in [6.07, 6.45) is 1.36. The molecular weight excluding hydrogens is 256 g/mol. The van der Waals surface area contributed by atoms with Crippen LogP contribution in [0.2, 0.25) is 5.15 Å². The third-order valence-corrected chi connectivity index (χ3v) is 2.72. The monoisotopic (exact) mass is 266 g/mol. The maximum atomic E-state index is 12.0. The van der Waals surface area contributed by atoms with Crippen molar-refractivity contribution in [3.63, 3.8) is 0 Å². The van der Waals surface area contributed by atoms with Gasteiger partial charge in [-0.15, -0.1) is 0 Å². The van der Waals surface area contributed by atoms with Crippen LogP contribution in [0.15, 0.2) is 35.4 Å². The minimum absolute atomic E-state index is 0.0259. The number of nitrogens with zero attached hydrogens (tertiary/aromatic N) is 2. The van der Waals surface area contributed by atoms with Gasteiger partial charge in [0.2, 0.25) is 5.75 Å².